The van der Waals surface area contributed by atoms with Crippen LogP contribution in [0.4, 0.5) is 0 Å². The summed E-state index contributed by atoms with van der Waals surface area (Å²) in [6.07, 6.45) is 0. The molecule has 0 aliphatic carbocycles. The highest BCUT2D eigenvalue weighted by molar-refractivity contribution is 6.31. The topological polar surface area (TPSA) is 47.7 Å². The SMILES string of the molecule is Clc1ccc2oc(-c3ccc4cc(OCCN5CCOCC5)ccc4c3)nc2c1. The van der Waals surface area contributed by atoms with E-state index in [1.807, 2.05) is 24.3 Å². The predicted molar refractivity (Wildman–Crippen MR) is 115 cm³/mol. The molecule has 1 fully saturated rings. The van der Waals surface area contributed by atoms with Crippen LogP contribution in [0.3, 0.4) is 0 Å². The van der Waals surface area contributed by atoms with Crippen LogP contribution < -0.4 is 4.74 Å². The first-order chi connectivity index (χ1) is 14.2. The molecule has 5 rings (SSSR count). The lowest BCUT2D eigenvalue weighted by atomic mass is 10.1. The van der Waals surface area contributed by atoms with Gasteiger partial charge in [-0.25, -0.2) is 4.98 Å². The average molecular weight is 409 g/mol. The van der Waals surface area contributed by atoms with E-state index in [-0.39, 0.29) is 0 Å². The fourth-order valence-electron chi connectivity index (χ4n) is 3.59. The third kappa shape index (κ3) is 4.08. The Morgan fingerprint density at radius 3 is 2.69 bits per heavy atom. The molecule has 1 saturated heterocycles. The van der Waals surface area contributed by atoms with Crippen molar-refractivity contribution < 1.29 is 13.9 Å². The third-order valence-electron chi connectivity index (χ3n) is 5.19. The Hall–Kier alpha value is -2.60. The van der Waals surface area contributed by atoms with E-state index < -0.39 is 0 Å². The molecule has 4 aromatic rings. The second-order valence-electron chi connectivity index (χ2n) is 7.16. The molecule has 0 spiro atoms. The lowest BCUT2D eigenvalue weighted by Crippen LogP contribution is -2.38. The van der Waals surface area contributed by atoms with Crippen LogP contribution in [-0.2, 0) is 4.74 Å². The number of aromatic nitrogens is 1. The summed E-state index contributed by atoms with van der Waals surface area (Å²) in [4.78, 5) is 6.93. The molecular formula is C23H21ClN2O3. The molecule has 1 aliphatic heterocycles. The Balaban J connectivity index is 1.32. The van der Waals surface area contributed by atoms with Gasteiger partial charge in [-0.1, -0.05) is 23.7 Å². The highest BCUT2D eigenvalue weighted by Crippen LogP contribution is 2.29. The van der Waals surface area contributed by atoms with Crippen LogP contribution in [0.15, 0.2) is 59.0 Å². The van der Waals surface area contributed by atoms with E-state index in [0.717, 1.165) is 66.0 Å². The van der Waals surface area contributed by atoms with E-state index in [4.69, 9.17) is 25.5 Å². The molecule has 2 heterocycles. The van der Waals surface area contributed by atoms with E-state index in [0.29, 0.717) is 17.5 Å². The summed E-state index contributed by atoms with van der Waals surface area (Å²) in [7, 11) is 0. The van der Waals surface area contributed by atoms with Gasteiger partial charge in [0.2, 0.25) is 5.89 Å². The molecule has 0 N–H and O–H groups in total. The maximum absolute atomic E-state index is 6.05. The fourth-order valence-corrected chi connectivity index (χ4v) is 3.75. The summed E-state index contributed by atoms with van der Waals surface area (Å²) in [5.41, 5.74) is 2.43. The number of halogens is 1. The quantitative estimate of drug-likeness (QED) is 0.464. The zero-order valence-corrected chi connectivity index (χ0v) is 16.7. The van der Waals surface area contributed by atoms with Crippen LogP contribution in [0.5, 0.6) is 5.75 Å². The zero-order chi connectivity index (χ0) is 19.6. The largest absolute Gasteiger partial charge is 0.492 e. The highest BCUT2D eigenvalue weighted by Gasteiger charge is 2.11. The molecule has 0 saturated carbocycles. The van der Waals surface area contributed by atoms with Crippen molar-refractivity contribution in [3.8, 4) is 17.2 Å². The highest BCUT2D eigenvalue weighted by atomic mass is 35.5. The van der Waals surface area contributed by atoms with Crippen LogP contribution in [0.2, 0.25) is 5.02 Å². The van der Waals surface area contributed by atoms with Gasteiger partial charge in [0, 0.05) is 30.2 Å². The van der Waals surface area contributed by atoms with E-state index >= 15 is 0 Å². The number of hydrogen-bond donors (Lipinski definition) is 0. The smallest absolute Gasteiger partial charge is 0.227 e. The number of fused-ring (bicyclic) bond motifs is 2. The van der Waals surface area contributed by atoms with Crippen LogP contribution in [0, 0.1) is 0 Å². The van der Waals surface area contributed by atoms with Crippen LogP contribution in [0.25, 0.3) is 33.3 Å². The zero-order valence-electron chi connectivity index (χ0n) is 15.9. The van der Waals surface area contributed by atoms with E-state index in [1.165, 1.54) is 0 Å². The Morgan fingerprint density at radius 1 is 0.966 bits per heavy atom. The molecule has 1 aliphatic rings. The number of ether oxygens (including phenoxy) is 2. The number of oxazole rings is 1. The van der Waals surface area contributed by atoms with Gasteiger partial charge in [-0.15, -0.1) is 0 Å². The van der Waals surface area contributed by atoms with Gasteiger partial charge < -0.3 is 13.9 Å². The summed E-state index contributed by atoms with van der Waals surface area (Å²) < 4.78 is 17.2. The van der Waals surface area contributed by atoms with E-state index in [2.05, 4.69) is 34.1 Å². The van der Waals surface area contributed by atoms with Gasteiger partial charge in [-0.3, -0.25) is 4.90 Å². The molecule has 0 amide bonds. The summed E-state index contributed by atoms with van der Waals surface area (Å²) in [6.45, 7) is 5.17. The van der Waals surface area contributed by atoms with Crippen LogP contribution in [-0.4, -0.2) is 49.3 Å². The molecule has 1 aromatic heterocycles. The Morgan fingerprint density at radius 2 is 1.79 bits per heavy atom. The van der Waals surface area contributed by atoms with Crippen molar-refractivity contribution in [1.29, 1.82) is 0 Å². The van der Waals surface area contributed by atoms with Crippen molar-refractivity contribution in [2.75, 3.05) is 39.5 Å². The minimum absolute atomic E-state index is 0.593. The third-order valence-corrected chi connectivity index (χ3v) is 5.42. The van der Waals surface area contributed by atoms with Crippen molar-refractivity contribution in [3.63, 3.8) is 0 Å². The second-order valence-corrected chi connectivity index (χ2v) is 7.59. The lowest BCUT2D eigenvalue weighted by molar-refractivity contribution is 0.0322. The Bertz CT molecular complexity index is 1150. The maximum atomic E-state index is 6.05. The van der Waals surface area contributed by atoms with Gasteiger partial charge in [0.25, 0.3) is 0 Å². The number of hydrogen-bond acceptors (Lipinski definition) is 5. The van der Waals surface area contributed by atoms with Gasteiger partial charge in [-0.2, -0.15) is 0 Å². The molecule has 0 atom stereocenters. The summed E-state index contributed by atoms with van der Waals surface area (Å²) in [5.74, 6) is 1.48. The molecule has 29 heavy (non-hydrogen) atoms. The number of morpholine rings is 1. The Labute approximate surface area is 173 Å². The summed E-state index contributed by atoms with van der Waals surface area (Å²) >= 11 is 6.05. The maximum Gasteiger partial charge on any atom is 0.227 e. The molecule has 5 nitrogen and oxygen atoms in total. The standard InChI is InChI=1S/C23H21ClN2O3/c24-19-4-6-22-21(15-19)25-23(29-22)18-2-1-17-14-20(5-3-16(17)13-18)28-12-9-26-7-10-27-11-8-26/h1-6,13-15H,7-12H2. The van der Waals surface area contributed by atoms with Crippen molar-refractivity contribution >= 4 is 33.5 Å². The van der Waals surface area contributed by atoms with Crippen molar-refractivity contribution in [1.82, 2.24) is 9.88 Å². The van der Waals surface area contributed by atoms with Gasteiger partial charge in [0.05, 0.1) is 13.2 Å². The predicted octanol–water partition coefficient (Wildman–Crippen LogP) is 5.01. The monoisotopic (exact) mass is 408 g/mol. The molecule has 6 heteroatoms. The van der Waals surface area contributed by atoms with Crippen molar-refractivity contribution in [2.45, 2.75) is 0 Å². The molecular weight excluding hydrogens is 388 g/mol. The first kappa shape index (κ1) is 18.4. The van der Waals surface area contributed by atoms with Gasteiger partial charge in [0.15, 0.2) is 5.58 Å². The number of benzene rings is 3. The van der Waals surface area contributed by atoms with Gasteiger partial charge >= 0.3 is 0 Å². The summed E-state index contributed by atoms with van der Waals surface area (Å²) in [6, 6.07) is 17.8. The van der Waals surface area contributed by atoms with E-state index in [1.54, 1.807) is 6.07 Å². The normalized spacial score (nSPS) is 15.2. The minimum Gasteiger partial charge on any atom is -0.492 e. The van der Waals surface area contributed by atoms with Gasteiger partial charge in [0.1, 0.15) is 17.9 Å². The minimum atomic E-state index is 0.593. The first-order valence-corrected chi connectivity index (χ1v) is 10.2. The summed E-state index contributed by atoms with van der Waals surface area (Å²) in [5, 5.41) is 2.89. The average Bonchev–Trinajstić information content (AvgIpc) is 3.17. The van der Waals surface area contributed by atoms with Gasteiger partial charge in [-0.05, 0) is 53.2 Å². The molecule has 0 bridgehead atoms. The van der Waals surface area contributed by atoms with Crippen molar-refractivity contribution in [3.05, 3.63) is 59.6 Å². The van der Waals surface area contributed by atoms with Crippen LogP contribution >= 0.6 is 11.6 Å². The van der Waals surface area contributed by atoms with E-state index in [9.17, 15) is 0 Å². The fraction of sp³-hybridized carbons (Fsp3) is 0.261. The van der Waals surface area contributed by atoms with Crippen LogP contribution in [0.1, 0.15) is 0 Å². The Kier molecular flexibility index (Phi) is 5.10. The number of nitrogens with zero attached hydrogens (tertiary/aromatic N) is 2. The molecule has 3 aromatic carbocycles. The molecule has 0 radical (unpaired) electrons. The second kappa shape index (κ2) is 8.03. The molecule has 0 unspecified atom stereocenters. The number of rotatable bonds is 5. The first-order valence-electron chi connectivity index (χ1n) is 9.78. The lowest BCUT2D eigenvalue weighted by Gasteiger charge is -2.26. The molecule has 148 valence electrons. The van der Waals surface area contributed by atoms with Crippen molar-refractivity contribution in [2.24, 2.45) is 0 Å².